The highest BCUT2D eigenvalue weighted by Crippen LogP contribution is 2.26. The predicted molar refractivity (Wildman–Crippen MR) is 75.8 cm³/mol. The molecule has 0 aliphatic carbocycles. The Balaban J connectivity index is 2.93. The molecule has 17 heavy (non-hydrogen) atoms. The van der Waals surface area contributed by atoms with E-state index in [1.54, 1.807) is 25.2 Å². The third-order valence-electron chi connectivity index (χ3n) is 3.02. The number of sulfone groups is 1. The third-order valence-corrected chi connectivity index (χ3v) is 6.94. The molecule has 3 N–H and O–H groups in total. The van der Waals surface area contributed by atoms with Gasteiger partial charge in [0.25, 0.3) is 0 Å². The van der Waals surface area contributed by atoms with E-state index in [-0.39, 0.29) is 6.04 Å². The second kappa shape index (κ2) is 5.36. The van der Waals surface area contributed by atoms with Crippen LogP contribution in [0.2, 0.25) is 0 Å². The standard InChI is InChI=1S/C10H17BrN2O2S2/c1-10(2,17(3,14)15)9(13-12)5-8-4-7(11)6-16-8/h4,6,9,13H,5,12H2,1-3H3. The van der Waals surface area contributed by atoms with E-state index >= 15 is 0 Å². The van der Waals surface area contributed by atoms with Gasteiger partial charge in [-0.25, -0.2) is 8.42 Å². The maximum Gasteiger partial charge on any atom is 0.154 e. The van der Waals surface area contributed by atoms with Crippen molar-refractivity contribution in [2.75, 3.05) is 6.26 Å². The summed E-state index contributed by atoms with van der Waals surface area (Å²) in [5.41, 5.74) is 2.62. The highest BCUT2D eigenvalue weighted by atomic mass is 79.9. The second-order valence-corrected chi connectivity index (χ2v) is 9.04. The van der Waals surface area contributed by atoms with Crippen LogP contribution in [0.15, 0.2) is 15.9 Å². The molecule has 1 rings (SSSR count). The number of halogens is 1. The third kappa shape index (κ3) is 3.51. The second-order valence-electron chi connectivity index (χ2n) is 4.53. The van der Waals surface area contributed by atoms with Crippen LogP contribution < -0.4 is 11.3 Å². The van der Waals surface area contributed by atoms with Crippen molar-refractivity contribution in [1.29, 1.82) is 0 Å². The van der Waals surface area contributed by atoms with E-state index in [1.807, 2.05) is 11.4 Å². The van der Waals surface area contributed by atoms with Gasteiger partial charge in [0, 0.05) is 27.0 Å². The molecule has 1 unspecified atom stereocenters. The summed E-state index contributed by atoms with van der Waals surface area (Å²) in [5.74, 6) is 5.49. The Hall–Kier alpha value is 0.0500. The first-order chi connectivity index (χ1) is 7.68. The van der Waals surface area contributed by atoms with Gasteiger partial charge in [-0.3, -0.25) is 11.3 Å². The number of hydrazine groups is 1. The molecule has 1 atom stereocenters. The molecule has 0 bridgehead atoms. The smallest absolute Gasteiger partial charge is 0.154 e. The van der Waals surface area contributed by atoms with Gasteiger partial charge in [-0.2, -0.15) is 0 Å². The lowest BCUT2D eigenvalue weighted by Crippen LogP contribution is -2.54. The molecule has 0 aliphatic heterocycles. The molecule has 0 spiro atoms. The Kier molecular flexibility index (Phi) is 4.76. The molecule has 4 nitrogen and oxygen atoms in total. The molecule has 1 heterocycles. The van der Waals surface area contributed by atoms with Crippen molar-refractivity contribution < 1.29 is 8.42 Å². The molecular weight excluding hydrogens is 324 g/mol. The summed E-state index contributed by atoms with van der Waals surface area (Å²) in [4.78, 5) is 1.09. The summed E-state index contributed by atoms with van der Waals surface area (Å²) >= 11 is 4.96. The molecule has 7 heteroatoms. The van der Waals surface area contributed by atoms with Crippen molar-refractivity contribution in [3.8, 4) is 0 Å². The summed E-state index contributed by atoms with van der Waals surface area (Å²) in [6, 6.07) is 1.66. The fraction of sp³-hybridized carbons (Fsp3) is 0.600. The van der Waals surface area contributed by atoms with Crippen LogP contribution >= 0.6 is 27.3 Å². The van der Waals surface area contributed by atoms with Crippen LogP contribution in [0.4, 0.5) is 0 Å². The highest BCUT2D eigenvalue weighted by Gasteiger charge is 2.38. The van der Waals surface area contributed by atoms with Gasteiger partial charge >= 0.3 is 0 Å². The topological polar surface area (TPSA) is 72.2 Å². The molecule has 98 valence electrons. The fourth-order valence-electron chi connectivity index (χ4n) is 1.43. The molecule has 0 saturated carbocycles. The van der Waals surface area contributed by atoms with E-state index in [0.717, 1.165) is 9.35 Å². The van der Waals surface area contributed by atoms with Gasteiger partial charge in [-0.05, 0) is 42.3 Å². The zero-order chi connectivity index (χ0) is 13.3. The number of hydrogen-bond donors (Lipinski definition) is 2. The first kappa shape index (κ1) is 15.1. The number of hydrogen-bond acceptors (Lipinski definition) is 5. The van der Waals surface area contributed by atoms with E-state index in [9.17, 15) is 8.42 Å². The summed E-state index contributed by atoms with van der Waals surface area (Å²) in [6.45, 7) is 3.38. The Bertz CT molecular complexity index is 482. The van der Waals surface area contributed by atoms with E-state index < -0.39 is 14.6 Å². The Morgan fingerprint density at radius 1 is 1.59 bits per heavy atom. The van der Waals surface area contributed by atoms with Gasteiger partial charge in [0.05, 0.1) is 4.75 Å². The molecule has 0 aliphatic rings. The number of nitrogens with one attached hydrogen (secondary N) is 1. The van der Waals surface area contributed by atoms with Crippen molar-refractivity contribution in [1.82, 2.24) is 5.43 Å². The maximum atomic E-state index is 11.7. The highest BCUT2D eigenvalue weighted by molar-refractivity contribution is 9.10. The summed E-state index contributed by atoms with van der Waals surface area (Å²) in [5, 5.41) is 1.97. The number of nitrogens with two attached hydrogens (primary N) is 1. The van der Waals surface area contributed by atoms with Crippen LogP contribution in [0.5, 0.6) is 0 Å². The van der Waals surface area contributed by atoms with Crippen molar-refractivity contribution >= 4 is 37.1 Å². The van der Waals surface area contributed by atoms with Gasteiger partial charge in [0.2, 0.25) is 0 Å². The van der Waals surface area contributed by atoms with Gasteiger partial charge in [0.1, 0.15) is 0 Å². The largest absolute Gasteiger partial charge is 0.271 e. The minimum absolute atomic E-state index is 0.317. The van der Waals surface area contributed by atoms with E-state index in [2.05, 4.69) is 21.4 Å². The first-order valence-electron chi connectivity index (χ1n) is 5.07. The molecular formula is C10H17BrN2O2S2. The lowest BCUT2D eigenvalue weighted by Gasteiger charge is -2.31. The molecule has 1 aromatic rings. The van der Waals surface area contributed by atoms with Crippen molar-refractivity contribution in [2.24, 2.45) is 5.84 Å². The Morgan fingerprint density at radius 3 is 2.53 bits per heavy atom. The Labute approximate surface area is 115 Å². The summed E-state index contributed by atoms with van der Waals surface area (Å²) in [6.07, 6.45) is 1.83. The number of rotatable bonds is 5. The summed E-state index contributed by atoms with van der Waals surface area (Å²) < 4.78 is 23.6. The average molecular weight is 341 g/mol. The molecule has 0 amide bonds. The zero-order valence-corrected chi connectivity index (χ0v) is 13.2. The van der Waals surface area contributed by atoms with E-state index in [1.165, 1.54) is 6.26 Å². The lowest BCUT2D eigenvalue weighted by atomic mass is 10.00. The van der Waals surface area contributed by atoms with Crippen molar-refractivity contribution in [2.45, 2.75) is 31.1 Å². The van der Waals surface area contributed by atoms with Crippen molar-refractivity contribution in [3.05, 3.63) is 20.8 Å². The molecule has 0 radical (unpaired) electrons. The van der Waals surface area contributed by atoms with Crippen LogP contribution in [0.3, 0.4) is 0 Å². The molecule has 0 aromatic carbocycles. The monoisotopic (exact) mass is 340 g/mol. The van der Waals surface area contributed by atoms with Crippen molar-refractivity contribution in [3.63, 3.8) is 0 Å². The average Bonchev–Trinajstić information content (AvgIpc) is 2.58. The summed E-state index contributed by atoms with van der Waals surface area (Å²) in [7, 11) is -3.18. The van der Waals surface area contributed by atoms with Gasteiger partial charge in [-0.1, -0.05) is 0 Å². The van der Waals surface area contributed by atoms with Gasteiger partial charge in [-0.15, -0.1) is 11.3 Å². The van der Waals surface area contributed by atoms with Crippen LogP contribution in [0.1, 0.15) is 18.7 Å². The van der Waals surface area contributed by atoms with Crippen LogP contribution in [-0.2, 0) is 16.3 Å². The van der Waals surface area contributed by atoms with Crippen LogP contribution in [0.25, 0.3) is 0 Å². The predicted octanol–water partition coefficient (Wildman–Crippen LogP) is 1.71. The van der Waals surface area contributed by atoms with E-state index in [0.29, 0.717) is 6.42 Å². The fourth-order valence-corrected chi connectivity index (χ4v) is 3.59. The SMILES string of the molecule is CC(C)(C(Cc1cc(Br)cs1)NN)S(C)(=O)=O. The first-order valence-corrected chi connectivity index (χ1v) is 8.63. The molecule has 1 aromatic heterocycles. The normalized spacial score (nSPS) is 14.9. The molecule has 0 saturated heterocycles. The minimum atomic E-state index is -3.18. The minimum Gasteiger partial charge on any atom is -0.271 e. The Morgan fingerprint density at radius 2 is 2.18 bits per heavy atom. The quantitative estimate of drug-likeness (QED) is 0.632. The number of thiophene rings is 1. The van der Waals surface area contributed by atoms with E-state index in [4.69, 9.17) is 5.84 Å². The van der Waals surface area contributed by atoms with Gasteiger partial charge < -0.3 is 0 Å². The van der Waals surface area contributed by atoms with Gasteiger partial charge in [0.15, 0.2) is 9.84 Å². The maximum absolute atomic E-state index is 11.7. The molecule has 0 fully saturated rings. The van der Waals surface area contributed by atoms with Crippen LogP contribution in [0, 0.1) is 0 Å². The zero-order valence-electron chi connectivity index (χ0n) is 10.0. The lowest BCUT2D eigenvalue weighted by molar-refractivity contribution is 0.414. The van der Waals surface area contributed by atoms with Crippen LogP contribution in [-0.4, -0.2) is 25.5 Å².